The predicted octanol–water partition coefficient (Wildman–Crippen LogP) is 4.65. The number of halogens is 1. The molecule has 0 aliphatic heterocycles. The maximum atomic E-state index is 6.17. The summed E-state index contributed by atoms with van der Waals surface area (Å²) in [5.41, 5.74) is 1.28. The maximum absolute atomic E-state index is 6.17. The van der Waals surface area contributed by atoms with Gasteiger partial charge in [-0.15, -0.1) is 6.42 Å². The van der Waals surface area contributed by atoms with Gasteiger partial charge in [-0.2, -0.15) is 0 Å². The van der Waals surface area contributed by atoms with Crippen molar-refractivity contribution < 1.29 is 4.74 Å². The third-order valence-corrected chi connectivity index (χ3v) is 3.16. The Bertz CT molecular complexity index is 392. The monoisotopic (exact) mass is 250 g/mol. The van der Waals surface area contributed by atoms with Crippen LogP contribution in [0.4, 0.5) is 0 Å². The fraction of sp³-hybridized carbons (Fsp3) is 0.467. The largest absolute Gasteiger partial charge is 0.479 e. The summed E-state index contributed by atoms with van der Waals surface area (Å²) in [5, 5.41) is 0.646. The van der Waals surface area contributed by atoms with E-state index in [0.29, 0.717) is 16.7 Å². The molecule has 1 atom stereocenters. The van der Waals surface area contributed by atoms with Crippen molar-refractivity contribution in [2.45, 2.75) is 39.0 Å². The van der Waals surface area contributed by atoms with Crippen molar-refractivity contribution in [3.05, 3.63) is 28.8 Å². The van der Waals surface area contributed by atoms with Crippen LogP contribution in [-0.4, -0.2) is 6.61 Å². The Morgan fingerprint density at radius 3 is 2.71 bits per heavy atom. The fourth-order valence-electron chi connectivity index (χ4n) is 1.96. The second kappa shape index (κ2) is 7.25. The van der Waals surface area contributed by atoms with E-state index >= 15 is 0 Å². The van der Waals surface area contributed by atoms with Crippen LogP contribution in [0.3, 0.4) is 0 Å². The van der Waals surface area contributed by atoms with Crippen LogP contribution in [0.15, 0.2) is 18.2 Å². The molecule has 0 saturated carbocycles. The number of ether oxygens (including phenoxy) is 1. The van der Waals surface area contributed by atoms with Crippen LogP contribution in [0.1, 0.15) is 44.6 Å². The van der Waals surface area contributed by atoms with Gasteiger partial charge in [0.2, 0.25) is 0 Å². The average molecular weight is 251 g/mol. The zero-order valence-electron chi connectivity index (χ0n) is 10.5. The van der Waals surface area contributed by atoms with Gasteiger partial charge in [-0.05, 0) is 36.5 Å². The Hall–Kier alpha value is -1.13. The minimum absolute atomic E-state index is 0.255. The summed E-state index contributed by atoms with van der Waals surface area (Å²) in [7, 11) is 0. The standard InChI is InChI=1S/C15H19ClO/c1-4-7-12(6-3)13-8-9-15(14(16)11-13)17-10-5-2/h2,8-9,11-12H,4,6-7,10H2,1,3H3. The highest BCUT2D eigenvalue weighted by Crippen LogP contribution is 2.31. The molecule has 92 valence electrons. The minimum atomic E-state index is 0.255. The Morgan fingerprint density at radius 2 is 2.18 bits per heavy atom. The molecule has 0 heterocycles. The molecule has 1 nitrogen and oxygen atoms in total. The summed E-state index contributed by atoms with van der Waals surface area (Å²) in [4.78, 5) is 0. The number of benzene rings is 1. The van der Waals surface area contributed by atoms with Crippen LogP contribution in [0.5, 0.6) is 5.75 Å². The SMILES string of the molecule is C#CCOc1ccc(C(CC)CCC)cc1Cl. The van der Waals surface area contributed by atoms with Gasteiger partial charge in [0.15, 0.2) is 0 Å². The molecule has 0 bridgehead atoms. The van der Waals surface area contributed by atoms with Gasteiger partial charge in [0.25, 0.3) is 0 Å². The van der Waals surface area contributed by atoms with Gasteiger partial charge in [-0.25, -0.2) is 0 Å². The third kappa shape index (κ3) is 3.98. The molecule has 0 spiro atoms. The summed E-state index contributed by atoms with van der Waals surface area (Å²) in [6.45, 7) is 4.66. The van der Waals surface area contributed by atoms with Crippen molar-refractivity contribution in [3.63, 3.8) is 0 Å². The lowest BCUT2D eigenvalue weighted by molar-refractivity contribution is 0.370. The Morgan fingerprint density at radius 1 is 1.41 bits per heavy atom. The number of terminal acetylenes is 1. The zero-order valence-corrected chi connectivity index (χ0v) is 11.3. The molecule has 0 saturated heterocycles. The number of hydrogen-bond donors (Lipinski definition) is 0. The maximum Gasteiger partial charge on any atom is 0.148 e. The van der Waals surface area contributed by atoms with Gasteiger partial charge in [-0.1, -0.05) is 43.9 Å². The summed E-state index contributed by atoms with van der Waals surface area (Å²) < 4.78 is 5.35. The van der Waals surface area contributed by atoms with E-state index in [4.69, 9.17) is 22.8 Å². The van der Waals surface area contributed by atoms with Crippen LogP contribution < -0.4 is 4.74 Å². The van der Waals surface area contributed by atoms with Crippen molar-refractivity contribution in [2.24, 2.45) is 0 Å². The molecule has 1 rings (SSSR count). The summed E-state index contributed by atoms with van der Waals surface area (Å²) in [6, 6.07) is 5.99. The van der Waals surface area contributed by atoms with Crippen molar-refractivity contribution in [2.75, 3.05) is 6.61 Å². The lowest BCUT2D eigenvalue weighted by atomic mass is 9.92. The molecule has 2 heteroatoms. The first-order valence-electron chi connectivity index (χ1n) is 6.08. The molecular formula is C15H19ClO. The van der Waals surface area contributed by atoms with E-state index in [2.05, 4.69) is 25.8 Å². The van der Waals surface area contributed by atoms with Gasteiger partial charge in [0.1, 0.15) is 12.4 Å². The molecular weight excluding hydrogens is 232 g/mol. The van der Waals surface area contributed by atoms with Crippen LogP contribution in [-0.2, 0) is 0 Å². The van der Waals surface area contributed by atoms with Crippen LogP contribution >= 0.6 is 11.6 Å². The molecule has 0 aliphatic carbocycles. The van der Waals surface area contributed by atoms with E-state index in [1.54, 1.807) is 0 Å². The number of rotatable bonds is 6. The van der Waals surface area contributed by atoms with E-state index in [1.165, 1.54) is 18.4 Å². The van der Waals surface area contributed by atoms with E-state index in [-0.39, 0.29) is 6.61 Å². The van der Waals surface area contributed by atoms with E-state index in [0.717, 1.165) is 6.42 Å². The summed E-state index contributed by atoms with van der Waals surface area (Å²) >= 11 is 6.17. The third-order valence-electron chi connectivity index (χ3n) is 2.87. The van der Waals surface area contributed by atoms with Crippen molar-refractivity contribution in [3.8, 4) is 18.1 Å². The number of hydrogen-bond acceptors (Lipinski definition) is 1. The lowest BCUT2D eigenvalue weighted by Crippen LogP contribution is -1.99. The fourth-order valence-corrected chi connectivity index (χ4v) is 2.21. The molecule has 1 unspecified atom stereocenters. The minimum Gasteiger partial charge on any atom is -0.479 e. The molecule has 1 aromatic rings. The normalized spacial score (nSPS) is 11.9. The Labute approximate surface area is 109 Å². The second-order valence-corrected chi connectivity index (χ2v) is 4.48. The molecule has 0 aliphatic rings. The van der Waals surface area contributed by atoms with E-state index < -0.39 is 0 Å². The van der Waals surface area contributed by atoms with Gasteiger partial charge < -0.3 is 4.74 Å². The molecule has 17 heavy (non-hydrogen) atoms. The highest BCUT2D eigenvalue weighted by molar-refractivity contribution is 6.32. The molecule has 0 radical (unpaired) electrons. The molecule has 0 amide bonds. The molecule has 1 aromatic carbocycles. The highest BCUT2D eigenvalue weighted by atomic mass is 35.5. The van der Waals surface area contributed by atoms with Crippen molar-refractivity contribution >= 4 is 11.6 Å². The second-order valence-electron chi connectivity index (χ2n) is 4.08. The van der Waals surface area contributed by atoms with Crippen LogP contribution in [0.25, 0.3) is 0 Å². The van der Waals surface area contributed by atoms with Crippen LogP contribution in [0.2, 0.25) is 5.02 Å². The Kier molecular flexibility index (Phi) is 5.94. The quantitative estimate of drug-likeness (QED) is 0.668. The van der Waals surface area contributed by atoms with Gasteiger partial charge in [0, 0.05) is 0 Å². The van der Waals surface area contributed by atoms with Gasteiger partial charge in [0.05, 0.1) is 5.02 Å². The lowest BCUT2D eigenvalue weighted by Gasteiger charge is -2.15. The Balaban J connectivity index is 2.83. The highest BCUT2D eigenvalue weighted by Gasteiger charge is 2.10. The topological polar surface area (TPSA) is 9.23 Å². The van der Waals surface area contributed by atoms with E-state index in [1.807, 2.05) is 12.1 Å². The van der Waals surface area contributed by atoms with Crippen molar-refractivity contribution in [1.29, 1.82) is 0 Å². The first-order chi connectivity index (χ1) is 8.22. The average Bonchev–Trinajstić information content (AvgIpc) is 2.34. The predicted molar refractivity (Wildman–Crippen MR) is 73.7 cm³/mol. The van der Waals surface area contributed by atoms with Gasteiger partial charge >= 0.3 is 0 Å². The first kappa shape index (κ1) is 13.9. The van der Waals surface area contributed by atoms with Crippen LogP contribution in [0, 0.1) is 12.3 Å². The molecule has 0 N–H and O–H groups in total. The molecule has 0 fully saturated rings. The first-order valence-corrected chi connectivity index (χ1v) is 6.46. The zero-order chi connectivity index (χ0) is 12.7. The summed E-state index contributed by atoms with van der Waals surface area (Å²) in [6.07, 6.45) is 8.66. The smallest absolute Gasteiger partial charge is 0.148 e. The summed E-state index contributed by atoms with van der Waals surface area (Å²) in [5.74, 6) is 3.68. The molecule has 0 aromatic heterocycles. The van der Waals surface area contributed by atoms with Crippen molar-refractivity contribution in [1.82, 2.24) is 0 Å². The van der Waals surface area contributed by atoms with E-state index in [9.17, 15) is 0 Å². The van der Waals surface area contributed by atoms with Gasteiger partial charge in [-0.3, -0.25) is 0 Å².